The molecule has 0 unspecified atom stereocenters. The first kappa shape index (κ1) is 16.1. The fourth-order valence-corrected chi connectivity index (χ4v) is 1.46. The Kier molecular flexibility index (Phi) is 6.66. The summed E-state index contributed by atoms with van der Waals surface area (Å²) < 4.78 is 9.92. The third kappa shape index (κ3) is 5.36. The number of rotatable bonds is 7. The van der Waals surface area contributed by atoms with Crippen molar-refractivity contribution < 1.29 is 19.1 Å². The third-order valence-electron chi connectivity index (χ3n) is 2.43. The fourth-order valence-electron chi connectivity index (χ4n) is 1.46. The third-order valence-corrected chi connectivity index (χ3v) is 2.43. The summed E-state index contributed by atoms with van der Waals surface area (Å²) in [4.78, 5) is 27.1. The number of esters is 1. The van der Waals surface area contributed by atoms with Crippen LogP contribution in [-0.4, -0.2) is 43.2 Å². The van der Waals surface area contributed by atoms with Crippen molar-refractivity contribution in [2.45, 2.75) is 26.4 Å². The van der Waals surface area contributed by atoms with E-state index in [1.807, 2.05) is 13.8 Å². The minimum Gasteiger partial charge on any atom is -0.464 e. The molecule has 0 aliphatic rings. The Balaban J connectivity index is 2.45. The topological polar surface area (TPSA) is 77.5 Å². The van der Waals surface area contributed by atoms with Gasteiger partial charge in [-0.05, 0) is 32.4 Å². The Labute approximate surface area is 118 Å². The molecule has 6 heteroatoms. The SMILES string of the molecule is COC(=O)c1cccc(C(=O)NCCCOC(C)C)n1. The van der Waals surface area contributed by atoms with Gasteiger partial charge in [0, 0.05) is 13.2 Å². The molecule has 0 spiro atoms. The molecule has 1 N–H and O–H groups in total. The zero-order valence-corrected chi connectivity index (χ0v) is 12.0. The van der Waals surface area contributed by atoms with Crippen molar-refractivity contribution in [2.24, 2.45) is 0 Å². The maximum atomic E-state index is 11.8. The molecule has 0 aliphatic carbocycles. The number of carbonyl (C=O) groups excluding carboxylic acids is 2. The van der Waals surface area contributed by atoms with Gasteiger partial charge in [0.1, 0.15) is 11.4 Å². The van der Waals surface area contributed by atoms with E-state index in [4.69, 9.17) is 4.74 Å². The van der Waals surface area contributed by atoms with Gasteiger partial charge in [-0.15, -0.1) is 0 Å². The molecule has 0 saturated carbocycles. The summed E-state index contributed by atoms with van der Waals surface area (Å²) in [6, 6.07) is 4.64. The highest BCUT2D eigenvalue weighted by Gasteiger charge is 2.11. The molecule has 1 heterocycles. The Morgan fingerprint density at radius 3 is 2.65 bits per heavy atom. The summed E-state index contributed by atoms with van der Waals surface area (Å²) >= 11 is 0. The van der Waals surface area contributed by atoms with Gasteiger partial charge in [0.15, 0.2) is 0 Å². The van der Waals surface area contributed by atoms with Crippen molar-refractivity contribution in [1.82, 2.24) is 10.3 Å². The summed E-state index contributed by atoms with van der Waals surface area (Å²) in [5.41, 5.74) is 0.306. The van der Waals surface area contributed by atoms with E-state index >= 15 is 0 Å². The van der Waals surface area contributed by atoms with E-state index in [9.17, 15) is 9.59 Å². The van der Waals surface area contributed by atoms with Crippen LogP contribution in [0.15, 0.2) is 18.2 Å². The smallest absolute Gasteiger partial charge is 0.356 e. The van der Waals surface area contributed by atoms with Crippen molar-refractivity contribution in [3.63, 3.8) is 0 Å². The maximum Gasteiger partial charge on any atom is 0.356 e. The summed E-state index contributed by atoms with van der Waals surface area (Å²) in [6.07, 6.45) is 0.907. The van der Waals surface area contributed by atoms with Crippen LogP contribution in [0.2, 0.25) is 0 Å². The number of pyridine rings is 1. The lowest BCUT2D eigenvalue weighted by atomic mass is 10.3. The Morgan fingerprint density at radius 2 is 2.00 bits per heavy atom. The molecule has 0 fully saturated rings. The second-order valence-corrected chi connectivity index (χ2v) is 4.43. The molecule has 110 valence electrons. The van der Waals surface area contributed by atoms with Gasteiger partial charge in [0.2, 0.25) is 0 Å². The van der Waals surface area contributed by atoms with E-state index in [1.165, 1.54) is 13.2 Å². The lowest BCUT2D eigenvalue weighted by Crippen LogP contribution is -2.27. The molecule has 6 nitrogen and oxygen atoms in total. The standard InChI is InChI=1S/C14H20N2O4/c1-10(2)20-9-5-8-15-13(17)11-6-4-7-12(16-11)14(18)19-3/h4,6-7,10H,5,8-9H2,1-3H3,(H,15,17). The summed E-state index contributed by atoms with van der Waals surface area (Å²) in [5, 5.41) is 2.72. The number of amides is 1. The highest BCUT2D eigenvalue weighted by atomic mass is 16.5. The molecular weight excluding hydrogens is 260 g/mol. The quantitative estimate of drug-likeness (QED) is 0.603. The lowest BCUT2D eigenvalue weighted by Gasteiger charge is -2.08. The average Bonchev–Trinajstić information content (AvgIpc) is 2.45. The summed E-state index contributed by atoms with van der Waals surface area (Å²) in [5.74, 6) is -0.884. The first-order valence-corrected chi connectivity index (χ1v) is 6.49. The summed E-state index contributed by atoms with van der Waals surface area (Å²) in [7, 11) is 1.27. The number of ether oxygens (including phenoxy) is 2. The number of nitrogens with zero attached hydrogens (tertiary/aromatic N) is 1. The Morgan fingerprint density at radius 1 is 1.30 bits per heavy atom. The zero-order valence-electron chi connectivity index (χ0n) is 12.0. The van der Waals surface area contributed by atoms with Crippen LogP contribution >= 0.6 is 0 Å². The van der Waals surface area contributed by atoms with E-state index in [1.54, 1.807) is 12.1 Å². The molecule has 0 aliphatic heterocycles. The van der Waals surface area contributed by atoms with Crippen LogP contribution in [0.1, 0.15) is 41.2 Å². The van der Waals surface area contributed by atoms with Gasteiger partial charge in [-0.2, -0.15) is 0 Å². The predicted octanol–water partition coefficient (Wildman–Crippen LogP) is 1.41. The number of nitrogens with one attached hydrogen (secondary N) is 1. The molecule has 1 aromatic heterocycles. The lowest BCUT2D eigenvalue weighted by molar-refractivity contribution is 0.0594. The molecule has 1 aromatic rings. The largest absolute Gasteiger partial charge is 0.464 e. The number of hydrogen-bond acceptors (Lipinski definition) is 5. The van der Waals surface area contributed by atoms with Crippen LogP contribution in [0, 0.1) is 0 Å². The van der Waals surface area contributed by atoms with E-state index < -0.39 is 5.97 Å². The zero-order chi connectivity index (χ0) is 15.0. The average molecular weight is 280 g/mol. The fraction of sp³-hybridized carbons (Fsp3) is 0.500. The predicted molar refractivity (Wildman–Crippen MR) is 73.6 cm³/mol. The minimum atomic E-state index is -0.565. The van der Waals surface area contributed by atoms with E-state index in [-0.39, 0.29) is 23.4 Å². The molecule has 0 radical (unpaired) electrons. The van der Waals surface area contributed by atoms with Gasteiger partial charge < -0.3 is 14.8 Å². The van der Waals surface area contributed by atoms with Gasteiger partial charge >= 0.3 is 5.97 Å². The van der Waals surface area contributed by atoms with Crippen LogP contribution in [0.3, 0.4) is 0 Å². The van der Waals surface area contributed by atoms with Crippen molar-refractivity contribution in [2.75, 3.05) is 20.3 Å². The molecule has 1 rings (SSSR count). The highest BCUT2D eigenvalue weighted by Crippen LogP contribution is 2.01. The van der Waals surface area contributed by atoms with Gasteiger partial charge in [0.25, 0.3) is 5.91 Å². The summed E-state index contributed by atoms with van der Waals surface area (Å²) in [6.45, 7) is 5.00. The van der Waals surface area contributed by atoms with Gasteiger partial charge in [0.05, 0.1) is 13.2 Å². The Bertz CT molecular complexity index is 460. The molecule has 1 amide bonds. The highest BCUT2D eigenvalue weighted by molar-refractivity contribution is 5.94. The van der Waals surface area contributed by atoms with Gasteiger partial charge in [-0.1, -0.05) is 6.07 Å². The maximum absolute atomic E-state index is 11.8. The second-order valence-electron chi connectivity index (χ2n) is 4.43. The molecule has 20 heavy (non-hydrogen) atoms. The van der Waals surface area contributed by atoms with Gasteiger partial charge in [-0.3, -0.25) is 4.79 Å². The van der Waals surface area contributed by atoms with Crippen LogP contribution in [-0.2, 0) is 9.47 Å². The van der Waals surface area contributed by atoms with Crippen molar-refractivity contribution in [3.8, 4) is 0 Å². The molecular formula is C14H20N2O4. The van der Waals surface area contributed by atoms with Crippen molar-refractivity contribution in [1.29, 1.82) is 0 Å². The van der Waals surface area contributed by atoms with Crippen LogP contribution in [0.5, 0.6) is 0 Å². The number of carbonyl (C=O) groups is 2. The molecule has 0 saturated heterocycles. The molecule has 0 aromatic carbocycles. The van der Waals surface area contributed by atoms with Crippen LogP contribution in [0.4, 0.5) is 0 Å². The van der Waals surface area contributed by atoms with Crippen LogP contribution in [0.25, 0.3) is 0 Å². The first-order valence-electron chi connectivity index (χ1n) is 6.49. The number of aromatic nitrogens is 1. The van der Waals surface area contributed by atoms with Gasteiger partial charge in [-0.25, -0.2) is 9.78 Å². The van der Waals surface area contributed by atoms with Crippen LogP contribution < -0.4 is 5.32 Å². The van der Waals surface area contributed by atoms with Crippen molar-refractivity contribution >= 4 is 11.9 Å². The first-order chi connectivity index (χ1) is 9.54. The number of hydrogen-bond donors (Lipinski definition) is 1. The van der Waals surface area contributed by atoms with E-state index in [2.05, 4.69) is 15.0 Å². The van der Waals surface area contributed by atoms with E-state index in [0.717, 1.165) is 6.42 Å². The van der Waals surface area contributed by atoms with Crippen molar-refractivity contribution in [3.05, 3.63) is 29.6 Å². The normalized spacial score (nSPS) is 10.4. The molecule has 0 atom stereocenters. The second kappa shape index (κ2) is 8.27. The monoisotopic (exact) mass is 280 g/mol. The minimum absolute atomic E-state index is 0.114. The molecule has 0 bridgehead atoms. The van der Waals surface area contributed by atoms with E-state index in [0.29, 0.717) is 13.2 Å². The number of methoxy groups -OCH3 is 1. The Hall–Kier alpha value is -1.95.